The van der Waals surface area contributed by atoms with Crippen LogP contribution in [0.1, 0.15) is 46.1 Å². The predicted molar refractivity (Wildman–Crippen MR) is 77.8 cm³/mol. The summed E-state index contributed by atoms with van der Waals surface area (Å²) in [6, 6.07) is 11.4. The molecule has 0 aliphatic carbocycles. The van der Waals surface area contributed by atoms with Gasteiger partial charge in [-0.25, -0.2) is 0 Å². The van der Waals surface area contributed by atoms with E-state index in [2.05, 4.69) is 63.3 Å². The highest BCUT2D eigenvalue weighted by molar-refractivity contribution is 5.25. The molecule has 2 N–H and O–H groups in total. The lowest BCUT2D eigenvalue weighted by Gasteiger charge is -2.35. The lowest BCUT2D eigenvalue weighted by molar-refractivity contribution is 0.241. The first-order chi connectivity index (χ1) is 8.52. The fourth-order valence-electron chi connectivity index (χ4n) is 2.24. The third-order valence-corrected chi connectivity index (χ3v) is 4.06. The molecule has 0 saturated heterocycles. The summed E-state index contributed by atoms with van der Waals surface area (Å²) in [5.41, 5.74) is 1.44. The smallest absolute Gasteiger partial charge is 0.0445 e. The quantitative estimate of drug-likeness (QED) is 0.778. The number of benzene rings is 1. The number of aliphatic hydroxyl groups excluding tert-OH is 1. The number of hydrogen-bond acceptors (Lipinski definition) is 2. The molecule has 0 amide bonds. The summed E-state index contributed by atoms with van der Waals surface area (Å²) in [6.07, 6.45) is 1.88. The van der Waals surface area contributed by atoms with E-state index in [1.807, 2.05) is 0 Å². The van der Waals surface area contributed by atoms with Crippen LogP contribution in [0.3, 0.4) is 0 Å². The first-order valence-corrected chi connectivity index (χ1v) is 6.94. The molecule has 102 valence electrons. The van der Waals surface area contributed by atoms with E-state index in [0.29, 0.717) is 12.1 Å². The maximum absolute atomic E-state index is 9.06. The van der Waals surface area contributed by atoms with E-state index in [0.717, 1.165) is 12.8 Å². The van der Waals surface area contributed by atoms with Crippen LogP contribution in [0.25, 0.3) is 0 Å². The molecule has 1 aromatic carbocycles. The number of hydrogen-bond donors (Lipinski definition) is 2. The lowest BCUT2D eigenvalue weighted by Crippen LogP contribution is -2.47. The van der Waals surface area contributed by atoms with Crippen molar-refractivity contribution in [3.63, 3.8) is 0 Å². The Hall–Kier alpha value is -0.860. The van der Waals surface area contributed by atoms with Crippen LogP contribution in [0.5, 0.6) is 0 Å². The fraction of sp³-hybridized carbons (Fsp3) is 0.625. The Balaban J connectivity index is 2.72. The number of rotatable bonds is 7. The minimum absolute atomic E-state index is 0.0874. The minimum Gasteiger partial charge on any atom is -0.396 e. The highest BCUT2D eigenvalue weighted by Crippen LogP contribution is 2.27. The van der Waals surface area contributed by atoms with Crippen LogP contribution in [-0.4, -0.2) is 23.8 Å². The first kappa shape index (κ1) is 15.2. The van der Waals surface area contributed by atoms with Gasteiger partial charge in [-0.15, -0.1) is 0 Å². The van der Waals surface area contributed by atoms with Crippen LogP contribution < -0.4 is 5.32 Å². The molecule has 1 aromatic rings. The van der Waals surface area contributed by atoms with Gasteiger partial charge in [0.2, 0.25) is 0 Å². The van der Waals surface area contributed by atoms with Gasteiger partial charge in [0, 0.05) is 24.1 Å². The molecule has 0 heterocycles. The summed E-state index contributed by atoms with van der Waals surface area (Å²) >= 11 is 0. The zero-order valence-electron chi connectivity index (χ0n) is 12.1. The summed E-state index contributed by atoms with van der Waals surface area (Å²) in [4.78, 5) is 0. The van der Waals surface area contributed by atoms with Crippen molar-refractivity contribution in [1.82, 2.24) is 5.32 Å². The van der Waals surface area contributed by atoms with Gasteiger partial charge in [-0.05, 0) is 25.3 Å². The van der Waals surface area contributed by atoms with E-state index in [-0.39, 0.29) is 12.0 Å². The van der Waals surface area contributed by atoms with E-state index < -0.39 is 0 Å². The van der Waals surface area contributed by atoms with E-state index in [4.69, 9.17) is 5.11 Å². The van der Waals surface area contributed by atoms with Gasteiger partial charge in [0.05, 0.1) is 0 Å². The van der Waals surface area contributed by atoms with Crippen molar-refractivity contribution in [3.8, 4) is 0 Å². The largest absolute Gasteiger partial charge is 0.396 e. The SMILES string of the molecule is CCC(CCO)NC(C)C(C)(C)c1ccccc1. The van der Waals surface area contributed by atoms with Gasteiger partial charge in [0.1, 0.15) is 0 Å². The van der Waals surface area contributed by atoms with E-state index in [1.54, 1.807) is 0 Å². The van der Waals surface area contributed by atoms with Gasteiger partial charge < -0.3 is 10.4 Å². The van der Waals surface area contributed by atoms with Crippen LogP contribution >= 0.6 is 0 Å². The molecule has 0 aromatic heterocycles. The molecule has 0 fully saturated rings. The van der Waals surface area contributed by atoms with Crippen molar-refractivity contribution in [1.29, 1.82) is 0 Å². The number of nitrogens with one attached hydrogen (secondary N) is 1. The maximum Gasteiger partial charge on any atom is 0.0445 e. The Kier molecular flexibility index (Phi) is 5.83. The molecule has 18 heavy (non-hydrogen) atoms. The Morgan fingerprint density at radius 1 is 1.22 bits per heavy atom. The van der Waals surface area contributed by atoms with Crippen LogP contribution in [0, 0.1) is 0 Å². The van der Waals surface area contributed by atoms with Crippen molar-refractivity contribution in [2.24, 2.45) is 0 Å². The Morgan fingerprint density at radius 3 is 2.33 bits per heavy atom. The normalized spacial score (nSPS) is 15.4. The summed E-state index contributed by atoms with van der Waals surface area (Å²) in [5.74, 6) is 0. The van der Waals surface area contributed by atoms with Crippen LogP contribution in [0.2, 0.25) is 0 Å². The van der Waals surface area contributed by atoms with Crippen molar-refractivity contribution in [2.75, 3.05) is 6.61 Å². The summed E-state index contributed by atoms with van der Waals surface area (Å²) in [7, 11) is 0. The van der Waals surface area contributed by atoms with Crippen molar-refractivity contribution < 1.29 is 5.11 Å². The van der Waals surface area contributed by atoms with Crippen LogP contribution in [-0.2, 0) is 5.41 Å². The Bertz CT molecular complexity index is 334. The number of aliphatic hydroxyl groups is 1. The molecule has 0 bridgehead atoms. The minimum atomic E-state index is 0.0874. The fourth-order valence-corrected chi connectivity index (χ4v) is 2.24. The molecule has 0 saturated carbocycles. The summed E-state index contributed by atoms with van der Waals surface area (Å²) in [5, 5.41) is 12.7. The second-order valence-corrected chi connectivity index (χ2v) is 5.59. The van der Waals surface area contributed by atoms with Gasteiger partial charge in [0.25, 0.3) is 0 Å². The second-order valence-electron chi connectivity index (χ2n) is 5.59. The Morgan fingerprint density at radius 2 is 1.83 bits per heavy atom. The highest BCUT2D eigenvalue weighted by Gasteiger charge is 2.28. The van der Waals surface area contributed by atoms with Gasteiger partial charge in [-0.1, -0.05) is 51.1 Å². The predicted octanol–water partition coefficient (Wildman–Crippen LogP) is 3.10. The topological polar surface area (TPSA) is 32.3 Å². The average molecular weight is 249 g/mol. The van der Waals surface area contributed by atoms with E-state index in [9.17, 15) is 0 Å². The van der Waals surface area contributed by atoms with Gasteiger partial charge >= 0.3 is 0 Å². The third-order valence-electron chi connectivity index (χ3n) is 4.06. The molecular formula is C16H27NO. The van der Waals surface area contributed by atoms with Crippen LogP contribution in [0.4, 0.5) is 0 Å². The van der Waals surface area contributed by atoms with Gasteiger partial charge in [-0.3, -0.25) is 0 Å². The molecular weight excluding hydrogens is 222 g/mol. The van der Waals surface area contributed by atoms with Gasteiger partial charge in [-0.2, -0.15) is 0 Å². The molecule has 0 spiro atoms. The van der Waals surface area contributed by atoms with E-state index >= 15 is 0 Å². The first-order valence-electron chi connectivity index (χ1n) is 6.94. The molecule has 0 aliphatic heterocycles. The molecule has 0 radical (unpaired) electrons. The van der Waals surface area contributed by atoms with Crippen molar-refractivity contribution >= 4 is 0 Å². The second kappa shape index (κ2) is 6.91. The molecule has 2 heteroatoms. The zero-order chi connectivity index (χ0) is 13.6. The third kappa shape index (κ3) is 3.82. The molecule has 1 rings (SSSR count). The lowest BCUT2D eigenvalue weighted by atomic mass is 9.78. The van der Waals surface area contributed by atoms with Crippen molar-refractivity contribution in [2.45, 2.75) is 58.0 Å². The Labute approximate surface area is 111 Å². The maximum atomic E-state index is 9.06. The zero-order valence-corrected chi connectivity index (χ0v) is 12.1. The summed E-state index contributed by atoms with van der Waals surface area (Å²) in [6.45, 7) is 9.18. The monoisotopic (exact) mass is 249 g/mol. The summed E-state index contributed by atoms with van der Waals surface area (Å²) < 4.78 is 0. The standard InChI is InChI=1S/C16H27NO/c1-5-15(11-12-18)17-13(2)16(3,4)14-9-7-6-8-10-14/h6-10,13,15,17-18H,5,11-12H2,1-4H3. The van der Waals surface area contributed by atoms with E-state index in [1.165, 1.54) is 5.56 Å². The molecule has 0 aliphatic rings. The average Bonchev–Trinajstić information content (AvgIpc) is 2.39. The van der Waals surface area contributed by atoms with Crippen molar-refractivity contribution in [3.05, 3.63) is 35.9 Å². The molecule has 2 nitrogen and oxygen atoms in total. The molecule has 2 atom stereocenters. The van der Waals surface area contributed by atoms with Crippen LogP contribution in [0.15, 0.2) is 30.3 Å². The van der Waals surface area contributed by atoms with Gasteiger partial charge in [0.15, 0.2) is 0 Å². The highest BCUT2D eigenvalue weighted by atomic mass is 16.3. The molecule has 2 unspecified atom stereocenters.